The number of phenolic OH excluding ortho intramolecular Hbond substituents is 1. The summed E-state index contributed by atoms with van der Waals surface area (Å²) in [6, 6.07) is 6.17. The standard InChI is InChI=1S/C16H20N2O6/c1-23-14(24-2)9-18(16(21)22)8-7-10-3-5-12(19)15-11(10)4-6-13(20)17-15/h3-6,14,19H,7-9H2,1-2H3,(H,17,20)(H,21,22). The summed E-state index contributed by atoms with van der Waals surface area (Å²) in [4.78, 5) is 26.6. The number of nitrogens with zero attached hydrogens (tertiary/aromatic N) is 1. The highest BCUT2D eigenvalue weighted by Gasteiger charge is 2.18. The molecule has 1 aromatic heterocycles. The van der Waals surface area contributed by atoms with Gasteiger partial charge < -0.3 is 29.6 Å². The average molecular weight is 336 g/mol. The Morgan fingerprint density at radius 3 is 2.58 bits per heavy atom. The number of carboxylic acid groups (broad SMARTS) is 1. The summed E-state index contributed by atoms with van der Waals surface area (Å²) in [7, 11) is 2.88. The number of H-pyrrole nitrogens is 1. The second kappa shape index (κ2) is 7.80. The van der Waals surface area contributed by atoms with Crippen LogP contribution in [-0.4, -0.2) is 59.8 Å². The first-order valence-electron chi connectivity index (χ1n) is 7.33. The molecule has 0 saturated carbocycles. The number of phenols is 1. The van der Waals surface area contributed by atoms with E-state index >= 15 is 0 Å². The molecule has 1 amide bonds. The van der Waals surface area contributed by atoms with Gasteiger partial charge in [0, 0.05) is 32.2 Å². The Morgan fingerprint density at radius 2 is 1.96 bits per heavy atom. The van der Waals surface area contributed by atoms with Gasteiger partial charge in [-0.25, -0.2) is 4.79 Å². The number of fused-ring (bicyclic) bond motifs is 1. The number of rotatable bonds is 7. The van der Waals surface area contributed by atoms with Gasteiger partial charge in [0.1, 0.15) is 5.75 Å². The third kappa shape index (κ3) is 4.03. The Morgan fingerprint density at radius 1 is 1.25 bits per heavy atom. The van der Waals surface area contributed by atoms with Crippen molar-refractivity contribution < 1.29 is 24.5 Å². The van der Waals surface area contributed by atoms with Crippen molar-refractivity contribution in [1.82, 2.24) is 9.88 Å². The van der Waals surface area contributed by atoms with Crippen molar-refractivity contribution in [3.8, 4) is 5.75 Å². The van der Waals surface area contributed by atoms with Crippen LogP contribution in [0.25, 0.3) is 10.9 Å². The summed E-state index contributed by atoms with van der Waals surface area (Å²) in [5.41, 5.74) is 0.843. The summed E-state index contributed by atoms with van der Waals surface area (Å²) in [6.45, 7) is 0.298. The normalized spacial score (nSPS) is 11.1. The maximum atomic E-state index is 11.4. The van der Waals surface area contributed by atoms with Crippen LogP contribution in [0.4, 0.5) is 4.79 Å². The summed E-state index contributed by atoms with van der Waals surface area (Å²) in [5.74, 6) is -0.0274. The van der Waals surface area contributed by atoms with Gasteiger partial charge in [-0.15, -0.1) is 0 Å². The van der Waals surface area contributed by atoms with Gasteiger partial charge in [0.15, 0.2) is 6.29 Å². The third-order valence-corrected chi connectivity index (χ3v) is 3.78. The molecule has 0 aliphatic carbocycles. The lowest BCUT2D eigenvalue weighted by atomic mass is 10.0. The summed E-state index contributed by atoms with van der Waals surface area (Å²) < 4.78 is 10.1. The molecule has 0 fully saturated rings. The number of aromatic hydroxyl groups is 1. The fourth-order valence-electron chi connectivity index (χ4n) is 2.46. The molecule has 0 aliphatic rings. The molecule has 0 atom stereocenters. The monoisotopic (exact) mass is 336 g/mol. The maximum Gasteiger partial charge on any atom is 0.407 e. The molecule has 2 rings (SSSR count). The number of hydrogen-bond acceptors (Lipinski definition) is 5. The molecular formula is C16H20N2O6. The Hall–Kier alpha value is -2.58. The molecule has 1 aromatic carbocycles. The van der Waals surface area contributed by atoms with Gasteiger partial charge in [0.05, 0.1) is 12.1 Å². The van der Waals surface area contributed by atoms with Gasteiger partial charge in [0.2, 0.25) is 5.56 Å². The number of benzene rings is 1. The van der Waals surface area contributed by atoms with Crippen LogP contribution in [0, 0.1) is 0 Å². The number of ether oxygens (including phenoxy) is 2. The summed E-state index contributed by atoms with van der Waals surface area (Å²) in [5, 5.41) is 19.8. The largest absolute Gasteiger partial charge is 0.506 e. The Bertz CT molecular complexity index is 769. The zero-order valence-corrected chi connectivity index (χ0v) is 13.5. The molecule has 0 bridgehead atoms. The van der Waals surface area contributed by atoms with Crippen LogP contribution >= 0.6 is 0 Å². The number of aromatic amines is 1. The molecular weight excluding hydrogens is 316 g/mol. The third-order valence-electron chi connectivity index (χ3n) is 3.78. The highest BCUT2D eigenvalue weighted by atomic mass is 16.7. The number of pyridine rings is 1. The summed E-state index contributed by atoms with van der Waals surface area (Å²) in [6.07, 6.45) is -1.31. The van der Waals surface area contributed by atoms with Crippen molar-refractivity contribution in [2.45, 2.75) is 12.7 Å². The van der Waals surface area contributed by atoms with E-state index in [1.807, 2.05) is 0 Å². The van der Waals surface area contributed by atoms with Crippen LogP contribution < -0.4 is 5.56 Å². The molecule has 8 nitrogen and oxygen atoms in total. The molecule has 0 spiro atoms. The molecule has 0 unspecified atom stereocenters. The van der Waals surface area contributed by atoms with Crippen LogP contribution in [0.1, 0.15) is 5.56 Å². The predicted molar refractivity (Wildman–Crippen MR) is 87.3 cm³/mol. The van der Waals surface area contributed by atoms with Crippen LogP contribution in [0.15, 0.2) is 29.1 Å². The van der Waals surface area contributed by atoms with E-state index in [4.69, 9.17) is 9.47 Å². The molecule has 8 heteroatoms. The van der Waals surface area contributed by atoms with E-state index in [-0.39, 0.29) is 24.4 Å². The van der Waals surface area contributed by atoms with Crippen molar-refractivity contribution in [3.05, 3.63) is 40.2 Å². The van der Waals surface area contributed by atoms with E-state index in [2.05, 4.69) is 4.98 Å². The molecule has 1 heterocycles. The van der Waals surface area contributed by atoms with Gasteiger partial charge >= 0.3 is 6.09 Å². The van der Waals surface area contributed by atoms with Crippen LogP contribution in [-0.2, 0) is 15.9 Å². The van der Waals surface area contributed by atoms with Gasteiger partial charge in [-0.3, -0.25) is 4.79 Å². The van der Waals surface area contributed by atoms with E-state index in [1.165, 1.54) is 31.3 Å². The van der Waals surface area contributed by atoms with E-state index in [0.717, 1.165) is 5.56 Å². The summed E-state index contributed by atoms with van der Waals surface area (Å²) >= 11 is 0. The highest BCUT2D eigenvalue weighted by molar-refractivity contribution is 5.87. The predicted octanol–water partition coefficient (Wildman–Crippen LogP) is 1.38. The van der Waals surface area contributed by atoms with Gasteiger partial charge in [0.25, 0.3) is 0 Å². The average Bonchev–Trinajstić information content (AvgIpc) is 2.56. The van der Waals surface area contributed by atoms with Crippen LogP contribution in [0.3, 0.4) is 0 Å². The lowest BCUT2D eigenvalue weighted by Crippen LogP contribution is -2.39. The van der Waals surface area contributed by atoms with Gasteiger partial charge in [-0.2, -0.15) is 0 Å². The molecule has 24 heavy (non-hydrogen) atoms. The number of amides is 1. The first-order chi connectivity index (χ1) is 11.5. The quantitative estimate of drug-likeness (QED) is 0.659. The zero-order valence-electron chi connectivity index (χ0n) is 13.5. The van der Waals surface area contributed by atoms with Crippen molar-refractivity contribution in [2.24, 2.45) is 0 Å². The van der Waals surface area contributed by atoms with Crippen molar-refractivity contribution >= 4 is 17.0 Å². The minimum atomic E-state index is -1.08. The first kappa shape index (κ1) is 17.8. The minimum absolute atomic E-state index is 0.0274. The number of methoxy groups -OCH3 is 2. The fraction of sp³-hybridized carbons (Fsp3) is 0.375. The van der Waals surface area contributed by atoms with E-state index in [0.29, 0.717) is 17.3 Å². The molecule has 0 saturated heterocycles. The van der Waals surface area contributed by atoms with Crippen molar-refractivity contribution in [1.29, 1.82) is 0 Å². The maximum absolute atomic E-state index is 11.4. The van der Waals surface area contributed by atoms with Gasteiger partial charge in [-0.05, 0) is 24.1 Å². The Kier molecular flexibility index (Phi) is 5.78. The Labute approximate surface area is 138 Å². The van der Waals surface area contributed by atoms with Crippen LogP contribution in [0.2, 0.25) is 0 Å². The number of aromatic nitrogens is 1. The SMILES string of the molecule is COC(CN(CCc1ccc(O)c2[nH]c(=O)ccc12)C(=O)O)OC. The molecule has 3 N–H and O–H groups in total. The number of nitrogens with one attached hydrogen (secondary N) is 1. The van der Waals surface area contributed by atoms with Crippen molar-refractivity contribution in [3.63, 3.8) is 0 Å². The lowest BCUT2D eigenvalue weighted by molar-refractivity contribution is -0.112. The molecule has 2 aromatic rings. The van der Waals surface area contributed by atoms with Gasteiger partial charge in [-0.1, -0.05) is 6.07 Å². The minimum Gasteiger partial charge on any atom is -0.506 e. The Balaban J connectivity index is 2.21. The topological polar surface area (TPSA) is 112 Å². The fourth-order valence-corrected chi connectivity index (χ4v) is 2.46. The first-order valence-corrected chi connectivity index (χ1v) is 7.33. The van der Waals surface area contributed by atoms with E-state index in [1.54, 1.807) is 12.1 Å². The smallest absolute Gasteiger partial charge is 0.407 e. The second-order valence-corrected chi connectivity index (χ2v) is 5.23. The number of hydrogen-bond donors (Lipinski definition) is 3. The molecule has 0 radical (unpaired) electrons. The molecule has 0 aliphatic heterocycles. The van der Waals surface area contributed by atoms with E-state index in [9.17, 15) is 19.8 Å². The number of carbonyl (C=O) groups is 1. The van der Waals surface area contributed by atoms with Crippen molar-refractivity contribution in [2.75, 3.05) is 27.3 Å². The van der Waals surface area contributed by atoms with E-state index < -0.39 is 12.4 Å². The second-order valence-electron chi connectivity index (χ2n) is 5.23. The highest BCUT2D eigenvalue weighted by Crippen LogP contribution is 2.25. The molecule has 130 valence electrons. The zero-order chi connectivity index (χ0) is 17.7. The van der Waals surface area contributed by atoms with Crippen LogP contribution in [0.5, 0.6) is 5.75 Å². The lowest BCUT2D eigenvalue weighted by Gasteiger charge is -2.23.